The number of anilines is 2. The Morgan fingerprint density at radius 3 is 2.42 bits per heavy atom. The van der Waals surface area contributed by atoms with E-state index in [1.807, 2.05) is 20.8 Å². The minimum absolute atomic E-state index is 0.156. The number of nitro groups is 1. The second kappa shape index (κ2) is 6.28. The van der Waals surface area contributed by atoms with Crippen molar-refractivity contribution in [3.63, 3.8) is 0 Å². The molecule has 0 unspecified atom stereocenters. The largest absolute Gasteiger partial charge is 0.377 e. The summed E-state index contributed by atoms with van der Waals surface area (Å²) in [5.41, 5.74) is -0.604. The Bertz CT molecular complexity index is 450. The molecule has 2 N–H and O–H groups in total. The summed E-state index contributed by atoms with van der Waals surface area (Å²) in [5.74, 6) is 0.390. The molecule has 0 fully saturated rings. The van der Waals surface area contributed by atoms with E-state index in [0.717, 1.165) is 0 Å². The maximum atomic E-state index is 11.1. The highest BCUT2D eigenvalue weighted by molar-refractivity contribution is 5.69. The van der Waals surface area contributed by atoms with Gasteiger partial charge in [0, 0.05) is 20.2 Å². The fourth-order valence-electron chi connectivity index (χ4n) is 1.35. The first kappa shape index (κ1) is 15.1. The van der Waals surface area contributed by atoms with Gasteiger partial charge < -0.3 is 15.4 Å². The average Bonchev–Trinajstić information content (AvgIpc) is 2.36. The van der Waals surface area contributed by atoms with Crippen LogP contribution in [0.4, 0.5) is 17.3 Å². The number of rotatable bonds is 7. The number of methoxy groups -OCH3 is 1. The Hall–Kier alpha value is -1.96. The third kappa shape index (κ3) is 4.02. The highest BCUT2D eigenvalue weighted by Gasteiger charge is 2.24. The van der Waals surface area contributed by atoms with Crippen LogP contribution in [0.5, 0.6) is 0 Å². The molecule has 0 aliphatic heterocycles. The number of hydrogen-bond donors (Lipinski definition) is 2. The van der Waals surface area contributed by atoms with Crippen LogP contribution in [-0.2, 0) is 4.74 Å². The van der Waals surface area contributed by atoms with Crippen molar-refractivity contribution in [2.75, 3.05) is 30.8 Å². The van der Waals surface area contributed by atoms with E-state index in [1.54, 1.807) is 7.11 Å². The monoisotopic (exact) mass is 269 g/mol. The summed E-state index contributed by atoms with van der Waals surface area (Å²) in [6, 6.07) is 0. The molecule has 8 heteroatoms. The smallest absolute Gasteiger partial charge is 0.353 e. The van der Waals surface area contributed by atoms with Crippen LogP contribution in [0.15, 0.2) is 6.33 Å². The quantitative estimate of drug-likeness (QED) is 0.573. The maximum absolute atomic E-state index is 11.1. The fourth-order valence-corrected chi connectivity index (χ4v) is 1.35. The summed E-state index contributed by atoms with van der Waals surface area (Å²) >= 11 is 0. The molecule has 0 aliphatic rings. The zero-order chi connectivity index (χ0) is 14.5. The third-order valence-electron chi connectivity index (χ3n) is 2.58. The number of hydrogen-bond acceptors (Lipinski definition) is 7. The van der Waals surface area contributed by atoms with Crippen molar-refractivity contribution >= 4 is 17.3 Å². The molecule has 0 amide bonds. The van der Waals surface area contributed by atoms with Crippen LogP contribution in [-0.4, -0.2) is 40.7 Å². The molecule has 0 saturated carbocycles. The van der Waals surface area contributed by atoms with Gasteiger partial charge in [0.25, 0.3) is 0 Å². The summed E-state index contributed by atoms with van der Waals surface area (Å²) in [5, 5.41) is 16.9. The van der Waals surface area contributed by atoms with E-state index in [-0.39, 0.29) is 17.3 Å². The lowest BCUT2D eigenvalue weighted by atomic mass is 10.1. The van der Waals surface area contributed by atoms with Crippen molar-refractivity contribution in [1.29, 1.82) is 0 Å². The van der Waals surface area contributed by atoms with E-state index >= 15 is 0 Å². The minimum Gasteiger partial charge on any atom is -0.377 e. The molecule has 0 aliphatic carbocycles. The molecular weight excluding hydrogens is 250 g/mol. The topological polar surface area (TPSA) is 102 Å². The molecule has 0 spiro atoms. The predicted octanol–water partition coefficient (Wildman–Crippen LogP) is 1.65. The first-order valence-electron chi connectivity index (χ1n) is 5.93. The van der Waals surface area contributed by atoms with Gasteiger partial charge in [-0.15, -0.1) is 0 Å². The maximum Gasteiger partial charge on any atom is 0.353 e. The molecule has 0 radical (unpaired) electrons. The summed E-state index contributed by atoms with van der Waals surface area (Å²) in [6.45, 7) is 6.53. The number of nitrogens with zero attached hydrogens (tertiary/aromatic N) is 3. The van der Waals surface area contributed by atoms with Crippen molar-refractivity contribution in [2.24, 2.45) is 0 Å². The van der Waals surface area contributed by atoms with Gasteiger partial charge in [0.05, 0.1) is 10.5 Å². The highest BCUT2D eigenvalue weighted by Crippen LogP contribution is 2.29. The van der Waals surface area contributed by atoms with Crippen LogP contribution in [0.2, 0.25) is 0 Å². The van der Waals surface area contributed by atoms with E-state index in [2.05, 4.69) is 20.6 Å². The van der Waals surface area contributed by atoms with Crippen molar-refractivity contribution < 1.29 is 9.66 Å². The molecular formula is C11H19N5O3. The zero-order valence-electron chi connectivity index (χ0n) is 11.6. The molecule has 1 heterocycles. The number of nitrogens with one attached hydrogen (secondary N) is 2. The van der Waals surface area contributed by atoms with Gasteiger partial charge in [-0.2, -0.15) is 0 Å². The molecule has 1 aromatic rings. The summed E-state index contributed by atoms with van der Waals surface area (Å²) < 4.78 is 5.25. The van der Waals surface area contributed by atoms with Crippen molar-refractivity contribution in [2.45, 2.75) is 26.4 Å². The first-order valence-corrected chi connectivity index (χ1v) is 5.93. The highest BCUT2D eigenvalue weighted by atomic mass is 16.6. The molecule has 19 heavy (non-hydrogen) atoms. The van der Waals surface area contributed by atoms with E-state index in [1.165, 1.54) is 6.33 Å². The van der Waals surface area contributed by atoms with E-state index < -0.39 is 10.5 Å². The standard InChI is InChI=1S/C11H19N5O3/c1-5-12-9-8(16(17)18)10(15-7-14-9)13-6-11(2,3)19-4/h7H,5-6H2,1-4H3,(H2,12,13,14,15). The first-order chi connectivity index (χ1) is 8.91. The van der Waals surface area contributed by atoms with Crippen LogP contribution in [0.3, 0.4) is 0 Å². The summed E-state index contributed by atoms with van der Waals surface area (Å²) in [7, 11) is 1.58. The Kier molecular flexibility index (Phi) is 4.99. The molecule has 1 aromatic heterocycles. The second-order valence-corrected chi connectivity index (χ2v) is 4.52. The van der Waals surface area contributed by atoms with Crippen LogP contribution in [0, 0.1) is 10.1 Å². The normalized spacial score (nSPS) is 11.2. The van der Waals surface area contributed by atoms with Gasteiger partial charge >= 0.3 is 5.69 Å². The molecule has 0 aromatic carbocycles. The second-order valence-electron chi connectivity index (χ2n) is 4.52. The Balaban J connectivity index is 3.00. The van der Waals surface area contributed by atoms with Crippen molar-refractivity contribution in [3.05, 3.63) is 16.4 Å². The van der Waals surface area contributed by atoms with Crippen LogP contribution >= 0.6 is 0 Å². The van der Waals surface area contributed by atoms with Gasteiger partial charge in [-0.05, 0) is 20.8 Å². The van der Waals surface area contributed by atoms with Gasteiger partial charge in [-0.25, -0.2) is 9.97 Å². The molecule has 0 saturated heterocycles. The van der Waals surface area contributed by atoms with Gasteiger partial charge in [-0.3, -0.25) is 10.1 Å². The molecule has 1 rings (SSSR count). The van der Waals surface area contributed by atoms with Gasteiger partial charge in [0.15, 0.2) is 0 Å². The van der Waals surface area contributed by atoms with Crippen LogP contribution < -0.4 is 10.6 Å². The zero-order valence-corrected chi connectivity index (χ0v) is 11.6. The van der Waals surface area contributed by atoms with Crippen LogP contribution in [0.25, 0.3) is 0 Å². The molecule has 106 valence electrons. The lowest BCUT2D eigenvalue weighted by Gasteiger charge is -2.23. The fraction of sp³-hybridized carbons (Fsp3) is 0.636. The lowest BCUT2D eigenvalue weighted by Crippen LogP contribution is -2.32. The predicted molar refractivity (Wildman–Crippen MR) is 72.4 cm³/mol. The number of aromatic nitrogens is 2. The summed E-state index contributed by atoms with van der Waals surface area (Å²) in [6.07, 6.45) is 1.28. The van der Waals surface area contributed by atoms with Crippen molar-refractivity contribution in [3.8, 4) is 0 Å². The molecule has 8 nitrogen and oxygen atoms in total. The van der Waals surface area contributed by atoms with E-state index in [0.29, 0.717) is 13.1 Å². The molecule has 0 bridgehead atoms. The van der Waals surface area contributed by atoms with E-state index in [4.69, 9.17) is 4.74 Å². The molecule has 0 atom stereocenters. The van der Waals surface area contributed by atoms with Gasteiger partial charge in [-0.1, -0.05) is 0 Å². The SMILES string of the molecule is CCNc1ncnc(NCC(C)(C)OC)c1[N+](=O)[O-]. The van der Waals surface area contributed by atoms with Crippen LogP contribution in [0.1, 0.15) is 20.8 Å². The minimum atomic E-state index is -0.500. The third-order valence-corrected chi connectivity index (χ3v) is 2.58. The van der Waals surface area contributed by atoms with E-state index in [9.17, 15) is 10.1 Å². The average molecular weight is 269 g/mol. The Morgan fingerprint density at radius 1 is 1.37 bits per heavy atom. The Morgan fingerprint density at radius 2 is 1.95 bits per heavy atom. The van der Waals surface area contributed by atoms with Gasteiger partial charge in [0.1, 0.15) is 6.33 Å². The number of ether oxygens (including phenoxy) is 1. The Labute approximate surface area is 111 Å². The van der Waals surface area contributed by atoms with Crippen molar-refractivity contribution in [1.82, 2.24) is 9.97 Å². The lowest BCUT2D eigenvalue weighted by molar-refractivity contribution is -0.383. The summed E-state index contributed by atoms with van der Waals surface area (Å²) in [4.78, 5) is 18.4. The van der Waals surface area contributed by atoms with Gasteiger partial charge in [0.2, 0.25) is 11.6 Å².